The van der Waals surface area contributed by atoms with Gasteiger partial charge < -0.3 is 5.11 Å². The Morgan fingerprint density at radius 2 is 2.33 bits per heavy atom. The fraction of sp³-hybridized carbons (Fsp3) is 0.667. The molecule has 0 spiro atoms. The molecule has 0 bridgehead atoms. The van der Waals surface area contributed by atoms with Gasteiger partial charge in [-0.15, -0.1) is 6.58 Å². The molecule has 0 aliphatic carbocycles. The Labute approximate surface area is 73.7 Å². The summed E-state index contributed by atoms with van der Waals surface area (Å²) in [6.45, 7) is 7.36. The van der Waals surface area contributed by atoms with E-state index in [1.807, 2.05) is 17.9 Å². The normalized spacial score (nSPS) is 10.2. The Morgan fingerprint density at radius 1 is 1.67 bits per heavy atom. The van der Waals surface area contributed by atoms with Crippen molar-refractivity contribution in [3.05, 3.63) is 12.7 Å². The second-order valence-electron chi connectivity index (χ2n) is 2.69. The first-order chi connectivity index (χ1) is 5.70. The van der Waals surface area contributed by atoms with Gasteiger partial charge in [-0.1, -0.05) is 13.0 Å². The Kier molecular flexibility index (Phi) is 6.38. The highest BCUT2D eigenvalue weighted by molar-refractivity contribution is 5.69. The third kappa shape index (κ3) is 5.92. The molecule has 0 aromatic carbocycles. The number of nitrogens with zero attached hydrogens (tertiary/aromatic N) is 1. The Morgan fingerprint density at radius 3 is 2.75 bits per heavy atom. The number of allylic oxidation sites excluding steroid dienone is 1. The second kappa shape index (κ2) is 6.85. The van der Waals surface area contributed by atoms with Crippen molar-refractivity contribution in [2.24, 2.45) is 0 Å². The number of unbranched alkanes of at least 4 members (excludes halogenated alkanes) is 1. The van der Waals surface area contributed by atoms with E-state index in [0.29, 0.717) is 0 Å². The van der Waals surface area contributed by atoms with Crippen molar-refractivity contribution >= 4 is 5.97 Å². The summed E-state index contributed by atoms with van der Waals surface area (Å²) in [5.41, 5.74) is 0. The van der Waals surface area contributed by atoms with Crippen molar-refractivity contribution in [1.82, 2.24) is 4.90 Å². The van der Waals surface area contributed by atoms with Gasteiger partial charge in [0.15, 0.2) is 0 Å². The van der Waals surface area contributed by atoms with Gasteiger partial charge in [0.25, 0.3) is 0 Å². The number of carbonyl (C=O) groups is 1. The van der Waals surface area contributed by atoms with Gasteiger partial charge in [0.05, 0.1) is 6.54 Å². The lowest BCUT2D eigenvalue weighted by molar-refractivity contribution is -0.138. The summed E-state index contributed by atoms with van der Waals surface area (Å²) in [5, 5.41) is 8.51. The van der Waals surface area contributed by atoms with Gasteiger partial charge in [-0.3, -0.25) is 9.69 Å². The van der Waals surface area contributed by atoms with Crippen molar-refractivity contribution in [3.63, 3.8) is 0 Å². The highest BCUT2D eigenvalue weighted by Gasteiger charge is 2.05. The molecule has 0 aliphatic heterocycles. The quantitative estimate of drug-likeness (QED) is 0.464. The molecule has 0 unspecified atom stereocenters. The van der Waals surface area contributed by atoms with E-state index in [1.165, 1.54) is 0 Å². The molecule has 0 saturated carbocycles. The molecular formula is C9H17NO2. The largest absolute Gasteiger partial charge is 0.480 e. The van der Waals surface area contributed by atoms with E-state index in [1.54, 1.807) is 0 Å². The molecule has 3 heteroatoms. The van der Waals surface area contributed by atoms with Crippen molar-refractivity contribution in [2.75, 3.05) is 19.6 Å². The van der Waals surface area contributed by atoms with Crippen LogP contribution in [0.2, 0.25) is 0 Å². The highest BCUT2D eigenvalue weighted by Crippen LogP contribution is 1.95. The zero-order chi connectivity index (χ0) is 9.40. The van der Waals surface area contributed by atoms with Crippen LogP contribution in [0.5, 0.6) is 0 Å². The molecule has 0 radical (unpaired) electrons. The standard InChI is InChI=1S/C9H17NO2/c1-3-5-6-7-10(4-2)8-9(11)12/h3H,1,4-8H2,2H3,(H,11,12). The van der Waals surface area contributed by atoms with E-state index in [-0.39, 0.29) is 6.54 Å². The second-order valence-corrected chi connectivity index (χ2v) is 2.69. The van der Waals surface area contributed by atoms with E-state index in [0.717, 1.165) is 25.9 Å². The van der Waals surface area contributed by atoms with Gasteiger partial charge in [0.2, 0.25) is 0 Å². The van der Waals surface area contributed by atoms with Gasteiger partial charge in [-0.2, -0.15) is 0 Å². The Balaban J connectivity index is 3.52. The highest BCUT2D eigenvalue weighted by atomic mass is 16.4. The maximum absolute atomic E-state index is 10.3. The molecule has 3 nitrogen and oxygen atoms in total. The van der Waals surface area contributed by atoms with Crippen LogP contribution in [-0.4, -0.2) is 35.6 Å². The third-order valence-corrected chi connectivity index (χ3v) is 1.69. The first kappa shape index (κ1) is 11.2. The first-order valence-corrected chi connectivity index (χ1v) is 4.25. The fourth-order valence-corrected chi connectivity index (χ4v) is 0.999. The number of hydrogen-bond acceptors (Lipinski definition) is 2. The van der Waals surface area contributed by atoms with Crippen LogP contribution in [0.4, 0.5) is 0 Å². The summed E-state index contributed by atoms with van der Waals surface area (Å²) >= 11 is 0. The number of aliphatic carboxylic acids is 1. The molecule has 70 valence electrons. The molecule has 0 fully saturated rings. The smallest absolute Gasteiger partial charge is 0.317 e. The molecule has 0 aromatic heterocycles. The predicted octanol–water partition coefficient (Wildman–Crippen LogP) is 1.36. The van der Waals surface area contributed by atoms with Crippen LogP contribution in [0.1, 0.15) is 19.8 Å². The summed E-state index contributed by atoms with van der Waals surface area (Å²) in [4.78, 5) is 12.2. The van der Waals surface area contributed by atoms with Gasteiger partial charge >= 0.3 is 5.97 Å². The van der Waals surface area contributed by atoms with Crippen LogP contribution in [0.15, 0.2) is 12.7 Å². The predicted molar refractivity (Wildman–Crippen MR) is 49.2 cm³/mol. The number of likely N-dealkylation sites (N-methyl/N-ethyl adjacent to an activating group) is 1. The lowest BCUT2D eigenvalue weighted by Crippen LogP contribution is -2.30. The molecule has 0 aliphatic rings. The van der Waals surface area contributed by atoms with Crippen LogP contribution in [0.25, 0.3) is 0 Å². The number of carboxylic acids is 1. The molecule has 0 saturated heterocycles. The summed E-state index contributed by atoms with van der Waals surface area (Å²) in [6.07, 6.45) is 3.80. The molecule has 1 N–H and O–H groups in total. The van der Waals surface area contributed by atoms with E-state index >= 15 is 0 Å². The zero-order valence-electron chi connectivity index (χ0n) is 7.62. The van der Waals surface area contributed by atoms with Crippen LogP contribution >= 0.6 is 0 Å². The number of rotatable bonds is 7. The molecule has 0 aromatic rings. The van der Waals surface area contributed by atoms with Gasteiger partial charge in [-0.05, 0) is 25.9 Å². The Bertz CT molecular complexity index is 145. The summed E-state index contributed by atoms with van der Waals surface area (Å²) in [6, 6.07) is 0. The van der Waals surface area contributed by atoms with E-state index in [2.05, 4.69) is 6.58 Å². The van der Waals surface area contributed by atoms with Crippen LogP contribution in [-0.2, 0) is 4.79 Å². The molecule has 0 atom stereocenters. The molecule has 12 heavy (non-hydrogen) atoms. The van der Waals surface area contributed by atoms with Gasteiger partial charge in [-0.25, -0.2) is 0 Å². The molecular weight excluding hydrogens is 154 g/mol. The minimum atomic E-state index is -0.754. The van der Waals surface area contributed by atoms with Crippen LogP contribution in [0, 0.1) is 0 Å². The van der Waals surface area contributed by atoms with Crippen molar-refractivity contribution in [1.29, 1.82) is 0 Å². The Hall–Kier alpha value is -0.830. The maximum atomic E-state index is 10.3. The van der Waals surface area contributed by atoms with E-state index in [9.17, 15) is 4.79 Å². The summed E-state index contributed by atoms with van der Waals surface area (Å²) in [7, 11) is 0. The zero-order valence-corrected chi connectivity index (χ0v) is 7.62. The SMILES string of the molecule is C=CCCCN(CC)CC(=O)O. The molecule has 0 rings (SSSR count). The lowest BCUT2D eigenvalue weighted by atomic mass is 10.3. The average molecular weight is 171 g/mol. The number of hydrogen-bond donors (Lipinski definition) is 1. The summed E-state index contributed by atoms with van der Waals surface area (Å²) in [5.74, 6) is -0.754. The fourth-order valence-electron chi connectivity index (χ4n) is 0.999. The van der Waals surface area contributed by atoms with Gasteiger partial charge in [0, 0.05) is 0 Å². The monoisotopic (exact) mass is 171 g/mol. The molecule has 0 amide bonds. The van der Waals surface area contributed by atoms with Crippen molar-refractivity contribution in [3.8, 4) is 0 Å². The van der Waals surface area contributed by atoms with Gasteiger partial charge in [0.1, 0.15) is 0 Å². The lowest BCUT2D eigenvalue weighted by Gasteiger charge is -2.16. The topological polar surface area (TPSA) is 40.5 Å². The van der Waals surface area contributed by atoms with Crippen molar-refractivity contribution in [2.45, 2.75) is 19.8 Å². The molecule has 0 heterocycles. The van der Waals surface area contributed by atoms with Crippen molar-refractivity contribution < 1.29 is 9.90 Å². The minimum Gasteiger partial charge on any atom is -0.480 e. The third-order valence-electron chi connectivity index (χ3n) is 1.69. The summed E-state index contributed by atoms with van der Waals surface area (Å²) < 4.78 is 0. The maximum Gasteiger partial charge on any atom is 0.317 e. The van der Waals surface area contributed by atoms with Crippen LogP contribution < -0.4 is 0 Å². The first-order valence-electron chi connectivity index (χ1n) is 4.25. The average Bonchev–Trinajstić information content (AvgIpc) is 2.02. The van der Waals surface area contributed by atoms with E-state index in [4.69, 9.17) is 5.11 Å². The van der Waals surface area contributed by atoms with Crippen LogP contribution in [0.3, 0.4) is 0 Å². The van der Waals surface area contributed by atoms with E-state index < -0.39 is 5.97 Å². The minimum absolute atomic E-state index is 0.146. The number of carboxylic acid groups (broad SMARTS) is 1.